The number of rotatable bonds is 2. The van der Waals surface area contributed by atoms with E-state index in [1.54, 1.807) is 0 Å². The zero-order chi connectivity index (χ0) is 10.5. The van der Waals surface area contributed by atoms with Crippen molar-refractivity contribution in [2.75, 3.05) is 13.2 Å². The van der Waals surface area contributed by atoms with Gasteiger partial charge in [-0.15, -0.1) is 0 Å². The van der Waals surface area contributed by atoms with Crippen molar-refractivity contribution in [2.24, 2.45) is 16.8 Å². The SMILES string of the molecule is NNC(=Nc1ccccc1)C1CCOC1. The number of nitrogens with two attached hydrogens (primary N) is 1. The largest absolute Gasteiger partial charge is 0.381 e. The molecule has 3 N–H and O–H groups in total. The standard InChI is InChI=1S/C11H15N3O/c12-14-11(9-6-7-15-8-9)13-10-4-2-1-3-5-10/h1-5,9H,6-8,12H2,(H,13,14). The Morgan fingerprint density at radius 1 is 1.40 bits per heavy atom. The van der Waals surface area contributed by atoms with Crippen LogP contribution in [0.2, 0.25) is 0 Å². The summed E-state index contributed by atoms with van der Waals surface area (Å²) in [7, 11) is 0. The fourth-order valence-electron chi connectivity index (χ4n) is 1.63. The molecule has 0 spiro atoms. The van der Waals surface area contributed by atoms with E-state index in [9.17, 15) is 0 Å². The number of nitrogens with one attached hydrogen (secondary N) is 1. The second-order valence-electron chi connectivity index (χ2n) is 3.54. The summed E-state index contributed by atoms with van der Waals surface area (Å²) in [6.07, 6.45) is 0.982. The van der Waals surface area contributed by atoms with Gasteiger partial charge in [0.05, 0.1) is 12.3 Å². The zero-order valence-electron chi connectivity index (χ0n) is 8.52. The van der Waals surface area contributed by atoms with Crippen LogP contribution in [0.25, 0.3) is 0 Å². The number of para-hydroxylation sites is 1. The maximum atomic E-state index is 5.46. The molecular formula is C11H15N3O. The van der Waals surface area contributed by atoms with E-state index in [2.05, 4.69) is 10.4 Å². The molecular weight excluding hydrogens is 190 g/mol. The zero-order valence-corrected chi connectivity index (χ0v) is 8.52. The predicted molar refractivity (Wildman–Crippen MR) is 59.8 cm³/mol. The molecule has 1 aliphatic rings. The Labute approximate surface area is 89.1 Å². The Morgan fingerprint density at radius 2 is 2.20 bits per heavy atom. The van der Waals surface area contributed by atoms with Crippen LogP contribution >= 0.6 is 0 Å². The van der Waals surface area contributed by atoms with Crippen LogP contribution < -0.4 is 11.3 Å². The van der Waals surface area contributed by atoms with Gasteiger partial charge in [0.25, 0.3) is 0 Å². The average molecular weight is 205 g/mol. The number of ether oxygens (including phenoxy) is 1. The lowest BCUT2D eigenvalue weighted by molar-refractivity contribution is 0.193. The van der Waals surface area contributed by atoms with Crippen molar-refractivity contribution in [3.63, 3.8) is 0 Å². The fourth-order valence-corrected chi connectivity index (χ4v) is 1.63. The van der Waals surface area contributed by atoms with Gasteiger partial charge < -0.3 is 10.2 Å². The van der Waals surface area contributed by atoms with Crippen molar-refractivity contribution in [1.82, 2.24) is 5.43 Å². The van der Waals surface area contributed by atoms with Gasteiger partial charge in [-0.25, -0.2) is 10.8 Å². The Balaban J connectivity index is 2.15. The Kier molecular flexibility index (Phi) is 3.32. The molecule has 0 aliphatic carbocycles. The van der Waals surface area contributed by atoms with E-state index in [1.807, 2.05) is 30.3 Å². The number of benzene rings is 1. The summed E-state index contributed by atoms with van der Waals surface area (Å²) >= 11 is 0. The van der Waals surface area contributed by atoms with Gasteiger partial charge in [-0.1, -0.05) is 18.2 Å². The first-order valence-corrected chi connectivity index (χ1v) is 5.08. The van der Waals surface area contributed by atoms with Gasteiger partial charge in [0, 0.05) is 12.5 Å². The second kappa shape index (κ2) is 4.91. The van der Waals surface area contributed by atoms with Gasteiger partial charge in [0.15, 0.2) is 0 Å². The highest BCUT2D eigenvalue weighted by Gasteiger charge is 2.20. The van der Waals surface area contributed by atoms with E-state index in [4.69, 9.17) is 10.6 Å². The van der Waals surface area contributed by atoms with Gasteiger partial charge in [-0.2, -0.15) is 0 Å². The van der Waals surface area contributed by atoms with Crippen LogP contribution in [0.5, 0.6) is 0 Å². The molecule has 1 aliphatic heterocycles. The van der Waals surface area contributed by atoms with Crippen molar-refractivity contribution in [2.45, 2.75) is 6.42 Å². The number of hydrogen-bond acceptors (Lipinski definition) is 3. The smallest absolute Gasteiger partial charge is 0.122 e. The molecule has 1 aromatic rings. The van der Waals surface area contributed by atoms with Gasteiger partial charge in [0.2, 0.25) is 0 Å². The third-order valence-electron chi connectivity index (χ3n) is 2.47. The minimum atomic E-state index is 0.301. The minimum absolute atomic E-state index is 0.301. The predicted octanol–water partition coefficient (Wildman–Crippen LogP) is 1.22. The third-order valence-corrected chi connectivity index (χ3v) is 2.47. The molecule has 80 valence electrons. The summed E-state index contributed by atoms with van der Waals surface area (Å²) in [6.45, 7) is 1.50. The first-order valence-electron chi connectivity index (χ1n) is 5.08. The van der Waals surface area contributed by atoms with Gasteiger partial charge in [-0.05, 0) is 18.6 Å². The van der Waals surface area contributed by atoms with Gasteiger partial charge in [0.1, 0.15) is 5.84 Å². The van der Waals surface area contributed by atoms with Gasteiger partial charge in [-0.3, -0.25) is 0 Å². The number of nitrogens with zero attached hydrogens (tertiary/aromatic N) is 1. The third kappa shape index (κ3) is 2.55. The van der Waals surface area contributed by atoms with Crippen molar-refractivity contribution in [3.05, 3.63) is 30.3 Å². The van der Waals surface area contributed by atoms with Crippen LogP contribution in [0.15, 0.2) is 35.3 Å². The van der Waals surface area contributed by atoms with Crippen molar-refractivity contribution >= 4 is 11.5 Å². The number of aliphatic imine (C=N–C) groups is 1. The normalized spacial score (nSPS) is 21.7. The maximum absolute atomic E-state index is 5.46. The van der Waals surface area contributed by atoms with E-state index in [0.717, 1.165) is 24.6 Å². The summed E-state index contributed by atoms with van der Waals surface area (Å²) < 4.78 is 5.30. The highest BCUT2D eigenvalue weighted by Crippen LogP contribution is 2.17. The monoisotopic (exact) mass is 205 g/mol. The quantitative estimate of drug-likeness (QED) is 0.330. The van der Waals surface area contributed by atoms with E-state index in [1.165, 1.54) is 0 Å². The van der Waals surface area contributed by atoms with Crippen molar-refractivity contribution in [1.29, 1.82) is 0 Å². The number of hydrazine groups is 1. The van der Waals surface area contributed by atoms with E-state index >= 15 is 0 Å². The van der Waals surface area contributed by atoms with E-state index in [0.29, 0.717) is 12.5 Å². The molecule has 1 unspecified atom stereocenters. The Bertz CT molecular complexity index is 331. The van der Waals surface area contributed by atoms with Crippen LogP contribution in [0, 0.1) is 5.92 Å². The lowest BCUT2D eigenvalue weighted by atomic mass is 10.1. The molecule has 0 saturated carbocycles. The molecule has 0 radical (unpaired) electrons. The van der Waals surface area contributed by atoms with Crippen molar-refractivity contribution < 1.29 is 4.74 Å². The van der Waals surface area contributed by atoms with E-state index in [-0.39, 0.29) is 0 Å². The molecule has 1 saturated heterocycles. The van der Waals surface area contributed by atoms with Gasteiger partial charge >= 0.3 is 0 Å². The second-order valence-corrected chi connectivity index (χ2v) is 3.54. The van der Waals surface area contributed by atoms with Crippen LogP contribution in [-0.4, -0.2) is 19.0 Å². The summed E-state index contributed by atoms with van der Waals surface area (Å²) in [5.41, 5.74) is 3.58. The molecule has 2 rings (SSSR count). The Hall–Kier alpha value is -1.39. The number of amidine groups is 1. The van der Waals surface area contributed by atoms with Crippen LogP contribution in [0.1, 0.15) is 6.42 Å². The molecule has 1 fully saturated rings. The van der Waals surface area contributed by atoms with E-state index < -0.39 is 0 Å². The maximum Gasteiger partial charge on any atom is 0.122 e. The molecule has 1 atom stereocenters. The topological polar surface area (TPSA) is 59.6 Å². The lowest BCUT2D eigenvalue weighted by Gasteiger charge is -2.10. The lowest BCUT2D eigenvalue weighted by Crippen LogP contribution is -2.36. The van der Waals surface area contributed by atoms with Crippen LogP contribution in [0.3, 0.4) is 0 Å². The minimum Gasteiger partial charge on any atom is -0.381 e. The molecule has 4 nitrogen and oxygen atoms in total. The summed E-state index contributed by atoms with van der Waals surface area (Å²) in [6, 6.07) is 9.78. The molecule has 0 aromatic heterocycles. The molecule has 15 heavy (non-hydrogen) atoms. The molecule has 0 bridgehead atoms. The highest BCUT2D eigenvalue weighted by atomic mass is 16.5. The van der Waals surface area contributed by atoms with Crippen molar-refractivity contribution in [3.8, 4) is 0 Å². The molecule has 0 amide bonds. The summed E-state index contributed by atoms with van der Waals surface area (Å²) in [4.78, 5) is 4.46. The molecule has 4 heteroatoms. The van der Waals surface area contributed by atoms with Crippen LogP contribution in [0.4, 0.5) is 5.69 Å². The Morgan fingerprint density at radius 3 is 2.80 bits per heavy atom. The average Bonchev–Trinajstić information content (AvgIpc) is 2.81. The first kappa shape index (κ1) is 10.1. The molecule has 1 heterocycles. The summed E-state index contributed by atoms with van der Waals surface area (Å²) in [5.74, 6) is 6.57. The summed E-state index contributed by atoms with van der Waals surface area (Å²) in [5, 5.41) is 0. The first-order chi connectivity index (χ1) is 7.40. The highest BCUT2D eigenvalue weighted by molar-refractivity contribution is 5.86. The fraction of sp³-hybridized carbons (Fsp3) is 0.364. The number of hydrogen-bond donors (Lipinski definition) is 2. The van der Waals surface area contributed by atoms with Crippen LogP contribution in [-0.2, 0) is 4.74 Å². The molecule has 1 aromatic carbocycles.